The number of carbonyl (C=O) groups is 1. The van der Waals surface area contributed by atoms with Crippen molar-refractivity contribution in [2.75, 3.05) is 0 Å². The molecule has 2 heterocycles. The van der Waals surface area contributed by atoms with E-state index in [1.54, 1.807) is 18.6 Å². The lowest BCUT2D eigenvalue weighted by atomic mass is 10.1. The number of rotatable bonds is 5. The maximum Gasteiger partial charge on any atom is 0.253 e. The number of aromatic nitrogens is 3. The van der Waals surface area contributed by atoms with Gasteiger partial charge in [-0.25, -0.2) is 4.98 Å². The van der Waals surface area contributed by atoms with Crippen molar-refractivity contribution < 1.29 is 4.79 Å². The number of imidazole rings is 1. The van der Waals surface area contributed by atoms with Gasteiger partial charge in [-0.1, -0.05) is 12.1 Å². The molecule has 2 N–H and O–H groups in total. The lowest BCUT2D eigenvalue weighted by molar-refractivity contribution is -0.116. The van der Waals surface area contributed by atoms with Crippen LogP contribution in [0.3, 0.4) is 0 Å². The molecule has 0 atom stereocenters. The average Bonchev–Trinajstić information content (AvgIpc) is 3.14. The molecule has 0 spiro atoms. The molecule has 1 aromatic carbocycles. The monoisotopic (exact) mass is 348 g/mol. The molecule has 0 saturated heterocycles. The number of nitrogens with one attached hydrogen (secondary N) is 2. The Hall–Kier alpha value is -3.41. The molecule has 2 aromatic heterocycles. The zero-order valence-electron chi connectivity index (χ0n) is 14.7. The Bertz CT molecular complexity index is 984. The van der Waals surface area contributed by atoms with Crippen LogP contribution in [0.1, 0.15) is 22.4 Å². The van der Waals surface area contributed by atoms with Gasteiger partial charge >= 0.3 is 0 Å². The van der Waals surface area contributed by atoms with Gasteiger partial charge in [0.1, 0.15) is 0 Å². The van der Waals surface area contributed by atoms with E-state index in [9.17, 15) is 9.59 Å². The predicted octanol–water partition coefficient (Wildman–Crippen LogP) is 2.51. The Balaban J connectivity index is 1.60. The van der Waals surface area contributed by atoms with Gasteiger partial charge in [0.05, 0.1) is 6.33 Å². The molecular weight excluding hydrogens is 328 g/mol. The molecule has 132 valence electrons. The quantitative estimate of drug-likeness (QED) is 0.695. The van der Waals surface area contributed by atoms with Crippen molar-refractivity contribution in [3.63, 3.8) is 0 Å². The van der Waals surface area contributed by atoms with E-state index in [4.69, 9.17) is 0 Å². The normalized spacial score (nSPS) is 11.0. The van der Waals surface area contributed by atoms with Crippen LogP contribution >= 0.6 is 0 Å². The van der Waals surface area contributed by atoms with E-state index < -0.39 is 0 Å². The number of aryl methyl sites for hydroxylation is 2. The van der Waals surface area contributed by atoms with Gasteiger partial charge in [-0.2, -0.15) is 0 Å². The summed E-state index contributed by atoms with van der Waals surface area (Å²) in [7, 11) is 0. The molecular formula is C20H20N4O2. The number of carbonyl (C=O) groups excluding carboxylic acids is 1. The number of H-pyrrole nitrogens is 1. The summed E-state index contributed by atoms with van der Waals surface area (Å²) in [4.78, 5) is 30.7. The predicted molar refractivity (Wildman–Crippen MR) is 101 cm³/mol. The second-order valence-corrected chi connectivity index (χ2v) is 6.06. The molecule has 0 aliphatic rings. The Morgan fingerprint density at radius 2 is 2.04 bits per heavy atom. The Morgan fingerprint density at radius 3 is 2.69 bits per heavy atom. The first-order valence-corrected chi connectivity index (χ1v) is 8.26. The molecule has 0 radical (unpaired) electrons. The van der Waals surface area contributed by atoms with Crippen LogP contribution in [0.4, 0.5) is 0 Å². The summed E-state index contributed by atoms with van der Waals surface area (Å²) < 4.78 is 1.90. The van der Waals surface area contributed by atoms with Crippen molar-refractivity contribution in [3.8, 4) is 5.69 Å². The van der Waals surface area contributed by atoms with Gasteiger partial charge in [-0.15, -0.1) is 0 Å². The standard InChI is InChI=1S/C20H20N4O2/c1-14-11-15(2)23-20(26)18(14)12-22-19(25)8-5-16-3-6-17(7-4-16)24-10-9-21-13-24/h3-11,13H,12H2,1-2H3,(H,22,25)(H,23,26)/b8-5+. The van der Waals surface area contributed by atoms with Crippen molar-refractivity contribution in [1.29, 1.82) is 0 Å². The summed E-state index contributed by atoms with van der Waals surface area (Å²) in [6, 6.07) is 9.64. The Morgan fingerprint density at radius 1 is 1.27 bits per heavy atom. The van der Waals surface area contributed by atoms with Crippen LogP contribution < -0.4 is 10.9 Å². The van der Waals surface area contributed by atoms with Gasteiger partial charge in [-0.3, -0.25) is 9.59 Å². The fraction of sp³-hybridized carbons (Fsp3) is 0.150. The maximum absolute atomic E-state index is 12.0. The summed E-state index contributed by atoms with van der Waals surface area (Å²) >= 11 is 0. The summed E-state index contributed by atoms with van der Waals surface area (Å²) in [6.45, 7) is 3.89. The average molecular weight is 348 g/mol. The third-order valence-electron chi connectivity index (χ3n) is 4.06. The van der Waals surface area contributed by atoms with E-state index in [-0.39, 0.29) is 18.0 Å². The minimum atomic E-state index is -0.247. The smallest absolute Gasteiger partial charge is 0.253 e. The lowest BCUT2D eigenvalue weighted by Gasteiger charge is -2.06. The molecule has 0 aliphatic carbocycles. The van der Waals surface area contributed by atoms with Crippen LogP contribution in [0.2, 0.25) is 0 Å². The van der Waals surface area contributed by atoms with Gasteiger partial charge in [0.2, 0.25) is 5.91 Å². The van der Waals surface area contributed by atoms with Crippen molar-refractivity contribution in [3.05, 3.63) is 87.9 Å². The van der Waals surface area contributed by atoms with Crippen molar-refractivity contribution >= 4 is 12.0 Å². The third kappa shape index (κ3) is 4.16. The molecule has 0 saturated carbocycles. The maximum atomic E-state index is 12.0. The molecule has 3 aromatic rings. The highest BCUT2D eigenvalue weighted by atomic mass is 16.1. The topological polar surface area (TPSA) is 79.8 Å². The van der Waals surface area contributed by atoms with E-state index in [1.165, 1.54) is 6.08 Å². The third-order valence-corrected chi connectivity index (χ3v) is 4.06. The molecule has 26 heavy (non-hydrogen) atoms. The molecule has 0 fully saturated rings. The summed E-state index contributed by atoms with van der Waals surface area (Å²) in [5.74, 6) is -0.247. The summed E-state index contributed by atoms with van der Waals surface area (Å²) in [6.07, 6.45) is 8.52. The van der Waals surface area contributed by atoms with Gasteiger partial charge in [0, 0.05) is 42.0 Å². The van der Waals surface area contributed by atoms with Crippen LogP contribution in [-0.4, -0.2) is 20.4 Å². The second kappa shape index (κ2) is 7.65. The lowest BCUT2D eigenvalue weighted by Crippen LogP contribution is -2.26. The van der Waals surface area contributed by atoms with Crippen molar-refractivity contribution in [2.24, 2.45) is 0 Å². The number of pyridine rings is 1. The highest BCUT2D eigenvalue weighted by Gasteiger charge is 2.06. The van der Waals surface area contributed by atoms with Crippen LogP contribution in [-0.2, 0) is 11.3 Å². The number of benzene rings is 1. The SMILES string of the molecule is Cc1cc(C)c(CNC(=O)/C=C/c2ccc(-n3ccnc3)cc2)c(=O)[nH]1. The molecule has 3 rings (SSSR count). The van der Waals surface area contributed by atoms with Crippen LogP contribution in [0.25, 0.3) is 11.8 Å². The summed E-state index contributed by atoms with van der Waals surface area (Å²) in [5.41, 5.74) is 3.99. The van der Waals surface area contributed by atoms with Crippen molar-refractivity contribution in [2.45, 2.75) is 20.4 Å². The van der Waals surface area contributed by atoms with E-state index in [2.05, 4.69) is 15.3 Å². The molecule has 0 aliphatic heterocycles. The number of aromatic amines is 1. The Labute approximate surface area is 151 Å². The van der Waals surface area contributed by atoms with Crippen LogP contribution in [0.15, 0.2) is 59.9 Å². The zero-order valence-corrected chi connectivity index (χ0v) is 14.7. The van der Waals surface area contributed by atoms with Gasteiger partial charge < -0.3 is 14.9 Å². The molecule has 0 bridgehead atoms. The van der Waals surface area contributed by atoms with Crippen molar-refractivity contribution in [1.82, 2.24) is 19.9 Å². The first-order chi connectivity index (χ1) is 12.5. The number of nitrogens with zero attached hydrogens (tertiary/aromatic N) is 2. The van der Waals surface area contributed by atoms with E-state index in [1.807, 2.05) is 54.9 Å². The molecule has 1 amide bonds. The molecule has 6 heteroatoms. The minimum absolute atomic E-state index is 0.165. The summed E-state index contributed by atoms with van der Waals surface area (Å²) in [5, 5.41) is 2.75. The van der Waals surface area contributed by atoms with Crippen LogP contribution in [0, 0.1) is 13.8 Å². The van der Waals surface area contributed by atoms with Gasteiger partial charge in [0.25, 0.3) is 5.56 Å². The van der Waals surface area contributed by atoms with E-state index in [0.29, 0.717) is 5.56 Å². The largest absolute Gasteiger partial charge is 0.348 e. The second-order valence-electron chi connectivity index (χ2n) is 6.06. The van der Waals surface area contributed by atoms with Gasteiger partial charge in [-0.05, 0) is 49.2 Å². The fourth-order valence-corrected chi connectivity index (χ4v) is 2.68. The fourth-order valence-electron chi connectivity index (χ4n) is 2.68. The van der Waals surface area contributed by atoms with E-state index >= 15 is 0 Å². The number of hydrogen-bond acceptors (Lipinski definition) is 3. The van der Waals surface area contributed by atoms with Gasteiger partial charge in [0.15, 0.2) is 0 Å². The molecule has 6 nitrogen and oxygen atoms in total. The first-order valence-electron chi connectivity index (χ1n) is 8.26. The zero-order chi connectivity index (χ0) is 18.5. The minimum Gasteiger partial charge on any atom is -0.348 e. The van der Waals surface area contributed by atoms with E-state index in [0.717, 1.165) is 22.5 Å². The van der Waals surface area contributed by atoms with Crippen LogP contribution in [0.5, 0.6) is 0 Å². The highest BCUT2D eigenvalue weighted by Crippen LogP contribution is 2.10. The first kappa shape index (κ1) is 17.4. The number of amides is 1. The Kier molecular flexibility index (Phi) is 5.12. The highest BCUT2D eigenvalue weighted by molar-refractivity contribution is 5.91. The molecule has 0 unspecified atom stereocenters. The number of hydrogen-bond donors (Lipinski definition) is 2.